The van der Waals surface area contributed by atoms with E-state index in [-0.39, 0.29) is 12.5 Å². The van der Waals surface area contributed by atoms with Gasteiger partial charge >= 0.3 is 0 Å². The number of amides is 1. The number of carbonyl (C=O) groups excluding carboxylic acids is 1. The monoisotopic (exact) mass is 409 g/mol. The minimum absolute atomic E-state index is 0.0220. The van der Waals surface area contributed by atoms with Crippen LogP contribution in [-0.4, -0.2) is 75.7 Å². The van der Waals surface area contributed by atoms with Crippen molar-refractivity contribution in [1.29, 1.82) is 0 Å². The third-order valence-corrected chi connectivity index (χ3v) is 4.92. The summed E-state index contributed by atoms with van der Waals surface area (Å²) >= 11 is 0. The normalized spacial score (nSPS) is 13.9. The molecule has 30 heavy (non-hydrogen) atoms. The van der Waals surface area contributed by atoms with Crippen molar-refractivity contribution in [2.24, 2.45) is 0 Å². The fourth-order valence-corrected chi connectivity index (χ4v) is 3.25. The van der Waals surface area contributed by atoms with E-state index in [0.717, 1.165) is 11.4 Å². The highest BCUT2D eigenvalue weighted by Crippen LogP contribution is 2.27. The fraction of sp³-hybridized carbons (Fsp3) is 0.350. The van der Waals surface area contributed by atoms with Crippen molar-refractivity contribution >= 4 is 11.7 Å². The number of carbonyl (C=O) groups is 1. The van der Waals surface area contributed by atoms with Gasteiger partial charge in [0.05, 0.1) is 7.11 Å². The van der Waals surface area contributed by atoms with Gasteiger partial charge < -0.3 is 19.3 Å². The Labute approximate surface area is 174 Å². The zero-order chi connectivity index (χ0) is 20.9. The largest absolute Gasteiger partial charge is 0.493 e. The molecule has 0 N–H and O–H groups in total. The summed E-state index contributed by atoms with van der Waals surface area (Å²) in [4.78, 5) is 20.4. The van der Waals surface area contributed by atoms with Crippen LogP contribution in [0.3, 0.4) is 0 Å². The van der Waals surface area contributed by atoms with Crippen LogP contribution < -0.4 is 14.4 Å². The number of rotatable bonds is 6. The summed E-state index contributed by atoms with van der Waals surface area (Å²) in [5.74, 6) is 2.52. The van der Waals surface area contributed by atoms with E-state index < -0.39 is 0 Å². The molecule has 3 heterocycles. The first kappa shape index (κ1) is 19.6. The van der Waals surface area contributed by atoms with E-state index in [9.17, 15) is 4.79 Å². The molecule has 4 rings (SSSR count). The molecule has 0 atom stereocenters. The third kappa shape index (κ3) is 4.32. The van der Waals surface area contributed by atoms with Gasteiger partial charge in [0.25, 0.3) is 5.91 Å². The summed E-state index contributed by atoms with van der Waals surface area (Å²) < 4.78 is 12.6. The Kier molecular flexibility index (Phi) is 5.73. The Hall–Kier alpha value is -3.69. The van der Waals surface area contributed by atoms with Crippen LogP contribution in [0, 0.1) is 6.92 Å². The maximum Gasteiger partial charge on any atom is 0.260 e. The van der Waals surface area contributed by atoms with Crippen molar-refractivity contribution < 1.29 is 14.3 Å². The van der Waals surface area contributed by atoms with Crippen LogP contribution in [0.1, 0.15) is 5.56 Å². The SMILES string of the molecule is COc1cc(C)ccc1OCC(=O)N1CCN(c2ccc(-n3cncn3)nn2)CC1. The number of hydrogen-bond donors (Lipinski definition) is 0. The minimum atomic E-state index is -0.0510. The van der Waals surface area contributed by atoms with Crippen LogP contribution in [0.2, 0.25) is 0 Å². The molecule has 0 radical (unpaired) electrons. The summed E-state index contributed by atoms with van der Waals surface area (Å²) in [6, 6.07) is 9.37. The molecule has 1 aliphatic rings. The Morgan fingerprint density at radius 3 is 2.47 bits per heavy atom. The number of benzene rings is 1. The molecule has 0 saturated carbocycles. The second kappa shape index (κ2) is 8.76. The summed E-state index contributed by atoms with van der Waals surface area (Å²) in [7, 11) is 1.59. The van der Waals surface area contributed by atoms with Crippen LogP contribution >= 0.6 is 0 Å². The lowest BCUT2D eigenvalue weighted by molar-refractivity contribution is -0.133. The quantitative estimate of drug-likeness (QED) is 0.597. The predicted molar refractivity (Wildman–Crippen MR) is 109 cm³/mol. The first-order valence-electron chi connectivity index (χ1n) is 9.63. The topological polar surface area (TPSA) is 98.5 Å². The predicted octanol–water partition coefficient (Wildman–Crippen LogP) is 1.10. The Bertz CT molecular complexity index is 984. The first-order valence-corrected chi connectivity index (χ1v) is 9.63. The number of aromatic nitrogens is 5. The highest BCUT2D eigenvalue weighted by Gasteiger charge is 2.23. The average Bonchev–Trinajstić information content (AvgIpc) is 3.33. The van der Waals surface area contributed by atoms with Gasteiger partial charge in [-0.1, -0.05) is 6.07 Å². The molecule has 2 aromatic heterocycles. The van der Waals surface area contributed by atoms with Gasteiger partial charge in [0.15, 0.2) is 29.7 Å². The summed E-state index contributed by atoms with van der Waals surface area (Å²) in [6.07, 6.45) is 3.02. The van der Waals surface area contributed by atoms with E-state index in [1.165, 1.54) is 6.33 Å². The van der Waals surface area contributed by atoms with Crippen LogP contribution in [0.4, 0.5) is 5.82 Å². The standard InChI is InChI=1S/C20H23N7O3/c1-15-3-4-16(17(11-15)29-2)30-12-20(28)26-9-7-25(8-10-26)18-5-6-19(24-23-18)27-14-21-13-22-27/h3-6,11,13-14H,7-10,12H2,1-2H3. The van der Waals surface area contributed by atoms with E-state index in [4.69, 9.17) is 9.47 Å². The van der Waals surface area contributed by atoms with Crippen LogP contribution in [-0.2, 0) is 4.79 Å². The van der Waals surface area contributed by atoms with Crippen molar-refractivity contribution in [1.82, 2.24) is 29.9 Å². The summed E-state index contributed by atoms with van der Waals surface area (Å²) in [6.45, 7) is 4.50. The molecule has 1 fully saturated rings. The van der Waals surface area contributed by atoms with Gasteiger partial charge in [-0.15, -0.1) is 10.2 Å². The second-order valence-electron chi connectivity index (χ2n) is 6.90. The number of anilines is 1. The van der Waals surface area contributed by atoms with Crippen LogP contribution in [0.15, 0.2) is 43.0 Å². The Morgan fingerprint density at radius 1 is 1.03 bits per heavy atom. The van der Waals surface area contributed by atoms with E-state index in [1.54, 1.807) is 23.0 Å². The summed E-state index contributed by atoms with van der Waals surface area (Å²) in [5, 5.41) is 12.5. The molecule has 0 bridgehead atoms. The molecule has 1 amide bonds. The molecular weight excluding hydrogens is 386 g/mol. The zero-order valence-electron chi connectivity index (χ0n) is 16.9. The van der Waals surface area contributed by atoms with Gasteiger partial charge in [0, 0.05) is 26.2 Å². The van der Waals surface area contributed by atoms with E-state index in [0.29, 0.717) is 43.5 Å². The summed E-state index contributed by atoms with van der Waals surface area (Å²) in [5.41, 5.74) is 1.07. The number of aryl methyl sites for hydroxylation is 1. The van der Waals surface area contributed by atoms with E-state index >= 15 is 0 Å². The lowest BCUT2D eigenvalue weighted by Gasteiger charge is -2.35. The smallest absolute Gasteiger partial charge is 0.260 e. The molecule has 1 saturated heterocycles. The maximum atomic E-state index is 12.6. The molecule has 10 nitrogen and oxygen atoms in total. The first-order chi connectivity index (χ1) is 14.6. The van der Waals surface area contributed by atoms with Crippen molar-refractivity contribution in [3.05, 3.63) is 48.5 Å². The zero-order valence-corrected chi connectivity index (χ0v) is 16.9. The minimum Gasteiger partial charge on any atom is -0.493 e. The number of hydrogen-bond acceptors (Lipinski definition) is 8. The number of piperazine rings is 1. The number of methoxy groups -OCH3 is 1. The van der Waals surface area contributed by atoms with E-state index in [2.05, 4.69) is 25.2 Å². The highest BCUT2D eigenvalue weighted by atomic mass is 16.5. The van der Waals surface area contributed by atoms with E-state index in [1.807, 2.05) is 37.3 Å². The molecule has 1 aromatic carbocycles. The van der Waals surface area contributed by atoms with Gasteiger partial charge in [-0.2, -0.15) is 5.10 Å². The Balaban J connectivity index is 1.29. The lowest BCUT2D eigenvalue weighted by atomic mass is 10.2. The second-order valence-corrected chi connectivity index (χ2v) is 6.90. The number of ether oxygens (including phenoxy) is 2. The van der Waals surface area contributed by atoms with Crippen molar-refractivity contribution in [3.8, 4) is 17.3 Å². The molecule has 10 heteroatoms. The molecule has 3 aromatic rings. The van der Waals surface area contributed by atoms with Crippen molar-refractivity contribution in [2.45, 2.75) is 6.92 Å². The molecular formula is C20H23N7O3. The molecule has 0 spiro atoms. The number of nitrogens with zero attached hydrogens (tertiary/aromatic N) is 7. The highest BCUT2D eigenvalue weighted by molar-refractivity contribution is 5.78. The third-order valence-electron chi connectivity index (χ3n) is 4.92. The van der Waals surface area contributed by atoms with Crippen molar-refractivity contribution in [2.75, 3.05) is 44.8 Å². The molecule has 0 aliphatic carbocycles. The lowest BCUT2D eigenvalue weighted by Crippen LogP contribution is -2.50. The Morgan fingerprint density at radius 2 is 1.80 bits per heavy atom. The van der Waals surface area contributed by atoms with Gasteiger partial charge in [-0.05, 0) is 36.8 Å². The molecule has 1 aliphatic heterocycles. The fourth-order valence-electron chi connectivity index (χ4n) is 3.25. The molecule has 0 unspecified atom stereocenters. The van der Waals surface area contributed by atoms with Crippen LogP contribution in [0.5, 0.6) is 11.5 Å². The van der Waals surface area contributed by atoms with Gasteiger partial charge in [-0.25, -0.2) is 9.67 Å². The average molecular weight is 409 g/mol. The molecule has 156 valence electrons. The van der Waals surface area contributed by atoms with Gasteiger partial charge in [-0.3, -0.25) is 4.79 Å². The van der Waals surface area contributed by atoms with Crippen molar-refractivity contribution in [3.63, 3.8) is 0 Å². The van der Waals surface area contributed by atoms with Gasteiger partial charge in [0.2, 0.25) is 0 Å². The van der Waals surface area contributed by atoms with Gasteiger partial charge in [0.1, 0.15) is 12.7 Å². The maximum absolute atomic E-state index is 12.6. The van der Waals surface area contributed by atoms with Crippen LogP contribution in [0.25, 0.3) is 5.82 Å².